The maximum Gasteiger partial charge on any atom is 0.195 e. The van der Waals surface area contributed by atoms with Crippen molar-refractivity contribution in [2.45, 2.75) is 6.10 Å². The predicted octanol–water partition coefficient (Wildman–Crippen LogP) is 4.72. The maximum atomic E-state index is 5.87. The average molecular weight is 408 g/mol. The lowest BCUT2D eigenvalue weighted by Gasteiger charge is -2.23. The maximum absolute atomic E-state index is 5.87. The van der Waals surface area contributed by atoms with Crippen LogP contribution in [0.25, 0.3) is 26.4 Å². The SMILES string of the molecule is Cl.Cl.c1ccc(-c2cn3c(n2)sc2cc(C4CNCCO4)ccc23)cc1. The molecule has 136 valence electrons. The van der Waals surface area contributed by atoms with Gasteiger partial charge in [-0.2, -0.15) is 0 Å². The third-order valence-electron chi connectivity index (χ3n) is 4.49. The molecule has 0 spiro atoms. The molecule has 1 N–H and O–H groups in total. The van der Waals surface area contributed by atoms with Gasteiger partial charge in [0.2, 0.25) is 0 Å². The van der Waals surface area contributed by atoms with E-state index >= 15 is 0 Å². The quantitative estimate of drug-likeness (QED) is 0.522. The highest BCUT2D eigenvalue weighted by Gasteiger charge is 2.17. The van der Waals surface area contributed by atoms with Crippen molar-refractivity contribution in [3.8, 4) is 11.3 Å². The van der Waals surface area contributed by atoms with Crippen LogP contribution in [0.2, 0.25) is 0 Å². The number of halogens is 2. The summed E-state index contributed by atoms with van der Waals surface area (Å²) in [7, 11) is 0. The molecule has 26 heavy (non-hydrogen) atoms. The van der Waals surface area contributed by atoms with Gasteiger partial charge >= 0.3 is 0 Å². The first-order valence-corrected chi connectivity index (χ1v) is 8.99. The molecule has 0 bridgehead atoms. The number of hydrogen-bond acceptors (Lipinski definition) is 4. The molecule has 0 aliphatic carbocycles. The zero-order valence-corrected chi connectivity index (χ0v) is 16.4. The van der Waals surface area contributed by atoms with E-state index in [1.165, 1.54) is 15.8 Å². The highest BCUT2D eigenvalue weighted by molar-refractivity contribution is 7.23. The fraction of sp³-hybridized carbons (Fsp3) is 0.211. The molecular formula is C19H19Cl2N3OS. The minimum Gasteiger partial charge on any atom is -0.371 e. The Kier molecular flexibility index (Phi) is 5.85. The summed E-state index contributed by atoms with van der Waals surface area (Å²) in [6, 6.07) is 16.9. The lowest BCUT2D eigenvalue weighted by molar-refractivity contribution is 0.0278. The number of rotatable bonds is 2. The van der Waals surface area contributed by atoms with Crippen LogP contribution < -0.4 is 5.32 Å². The van der Waals surface area contributed by atoms with Gasteiger partial charge in [-0.1, -0.05) is 47.7 Å². The molecule has 0 saturated carbocycles. The van der Waals surface area contributed by atoms with Crippen LogP contribution in [0.15, 0.2) is 54.7 Å². The van der Waals surface area contributed by atoms with Crippen LogP contribution in [0.4, 0.5) is 0 Å². The first-order valence-electron chi connectivity index (χ1n) is 8.18. The van der Waals surface area contributed by atoms with E-state index in [2.05, 4.69) is 46.2 Å². The Morgan fingerprint density at radius 3 is 2.73 bits per heavy atom. The second kappa shape index (κ2) is 7.94. The fourth-order valence-electron chi connectivity index (χ4n) is 3.25. The zero-order chi connectivity index (χ0) is 15.9. The Hall–Kier alpha value is -1.63. The fourth-order valence-corrected chi connectivity index (χ4v) is 4.30. The molecule has 4 nitrogen and oxygen atoms in total. The Bertz CT molecular complexity index is 1010. The summed E-state index contributed by atoms with van der Waals surface area (Å²) in [5.74, 6) is 0. The number of imidazole rings is 1. The van der Waals surface area contributed by atoms with Gasteiger partial charge in [0.15, 0.2) is 4.96 Å². The van der Waals surface area contributed by atoms with Crippen LogP contribution in [0.3, 0.4) is 0 Å². The standard InChI is InChI=1S/C19H17N3OS.2ClH/c1-2-4-13(5-3-1)15-12-22-16-7-6-14(17-11-20-8-9-23-17)10-18(16)24-19(22)21-15;;/h1-7,10,12,17,20H,8-9,11H2;2*1H. The van der Waals surface area contributed by atoms with E-state index in [-0.39, 0.29) is 30.9 Å². The molecule has 7 heteroatoms. The van der Waals surface area contributed by atoms with E-state index in [4.69, 9.17) is 9.72 Å². The van der Waals surface area contributed by atoms with Crippen LogP contribution in [-0.2, 0) is 4.74 Å². The summed E-state index contributed by atoms with van der Waals surface area (Å²) in [4.78, 5) is 5.83. The van der Waals surface area contributed by atoms with Gasteiger partial charge in [0.25, 0.3) is 0 Å². The molecule has 0 radical (unpaired) electrons. The van der Waals surface area contributed by atoms with Gasteiger partial charge in [-0.25, -0.2) is 4.98 Å². The van der Waals surface area contributed by atoms with Crippen LogP contribution in [0, 0.1) is 0 Å². The first kappa shape index (κ1) is 19.1. The Morgan fingerprint density at radius 2 is 1.96 bits per heavy atom. The molecule has 1 atom stereocenters. The minimum absolute atomic E-state index is 0. The number of aromatic nitrogens is 2. The lowest BCUT2D eigenvalue weighted by atomic mass is 10.1. The van der Waals surface area contributed by atoms with E-state index in [1.54, 1.807) is 11.3 Å². The summed E-state index contributed by atoms with van der Waals surface area (Å²) in [5, 5.41) is 3.39. The number of hydrogen-bond donors (Lipinski definition) is 1. The molecule has 1 aliphatic heterocycles. The highest BCUT2D eigenvalue weighted by atomic mass is 35.5. The molecule has 5 rings (SSSR count). The van der Waals surface area contributed by atoms with E-state index < -0.39 is 0 Å². The van der Waals surface area contributed by atoms with Crippen LogP contribution >= 0.6 is 36.2 Å². The molecule has 1 fully saturated rings. The predicted molar refractivity (Wildman–Crippen MR) is 112 cm³/mol. The molecule has 4 aromatic rings. The lowest BCUT2D eigenvalue weighted by Crippen LogP contribution is -2.33. The molecular weight excluding hydrogens is 389 g/mol. The van der Waals surface area contributed by atoms with E-state index in [9.17, 15) is 0 Å². The zero-order valence-electron chi connectivity index (χ0n) is 13.9. The van der Waals surface area contributed by atoms with E-state index in [0.717, 1.165) is 35.9 Å². The number of fused-ring (bicyclic) bond motifs is 3. The summed E-state index contributed by atoms with van der Waals surface area (Å²) in [6.07, 6.45) is 2.28. The Labute approximate surface area is 168 Å². The molecule has 1 unspecified atom stereocenters. The average Bonchev–Trinajstić information content (AvgIpc) is 3.20. The molecule has 1 saturated heterocycles. The van der Waals surface area contributed by atoms with Crippen molar-refractivity contribution in [2.75, 3.05) is 19.7 Å². The van der Waals surface area contributed by atoms with Crippen LogP contribution in [0.5, 0.6) is 0 Å². The summed E-state index contributed by atoms with van der Waals surface area (Å²) in [5.41, 5.74) is 4.62. The van der Waals surface area contributed by atoms with Crippen molar-refractivity contribution in [3.63, 3.8) is 0 Å². The third kappa shape index (κ3) is 3.33. The molecule has 2 aromatic carbocycles. The number of nitrogens with one attached hydrogen (secondary N) is 1. The van der Waals surface area contributed by atoms with Gasteiger partial charge in [-0.3, -0.25) is 4.40 Å². The van der Waals surface area contributed by atoms with Crippen molar-refractivity contribution in [3.05, 3.63) is 60.3 Å². The van der Waals surface area contributed by atoms with Crippen molar-refractivity contribution in [1.82, 2.24) is 14.7 Å². The van der Waals surface area contributed by atoms with Crippen molar-refractivity contribution >= 4 is 51.3 Å². The minimum atomic E-state index is 0. The van der Waals surface area contributed by atoms with E-state index in [1.807, 2.05) is 18.2 Å². The largest absolute Gasteiger partial charge is 0.371 e. The smallest absolute Gasteiger partial charge is 0.195 e. The van der Waals surface area contributed by atoms with Crippen molar-refractivity contribution in [2.24, 2.45) is 0 Å². The number of benzene rings is 2. The van der Waals surface area contributed by atoms with Crippen molar-refractivity contribution < 1.29 is 4.74 Å². The van der Waals surface area contributed by atoms with Gasteiger partial charge in [0.1, 0.15) is 0 Å². The van der Waals surface area contributed by atoms with Gasteiger partial charge < -0.3 is 10.1 Å². The number of ether oxygens (including phenoxy) is 1. The summed E-state index contributed by atoms with van der Waals surface area (Å²) >= 11 is 1.73. The topological polar surface area (TPSA) is 38.6 Å². The van der Waals surface area contributed by atoms with E-state index in [0.29, 0.717) is 0 Å². The normalized spacial score (nSPS) is 17.0. The Balaban J connectivity index is 0.000000980. The van der Waals surface area contributed by atoms with Crippen LogP contribution in [0.1, 0.15) is 11.7 Å². The van der Waals surface area contributed by atoms with Gasteiger partial charge in [-0.05, 0) is 17.7 Å². The monoisotopic (exact) mass is 407 g/mol. The second-order valence-corrected chi connectivity index (χ2v) is 7.05. The second-order valence-electron chi connectivity index (χ2n) is 6.04. The number of nitrogens with zero attached hydrogens (tertiary/aromatic N) is 2. The third-order valence-corrected chi connectivity index (χ3v) is 5.50. The van der Waals surface area contributed by atoms with Crippen LogP contribution in [-0.4, -0.2) is 29.1 Å². The van der Waals surface area contributed by atoms with Gasteiger partial charge in [0, 0.05) is 24.8 Å². The Morgan fingerprint density at radius 1 is 1.12 bits per heavy atom. The van der Waals surface area contributed by atoms with Gasteiger partial charge in [-0.15, -0.1) is 24.8 Å². The number of thiazole rings is 1. The molecule has 1 aliphatic rings. The highest BCUT2D eigenvalue weighted by Crippen LogP contribution is 2.32. The first-order chi connectivity index (χ1) is 11.9. The molecule has 2 aromatic heterocycles. The van der Waals surface area contributed by atoms with Gasteiger partial charge in [0.05, 0.1) is 28.6 Å². The summed E-state index contributed by atoms with van der Waals surface area (Å²) < 4.78 is 9.31. The number of morpholine rings is 1. The summed E-state index contributed by atoms with van der Waals surface area (Å²) in [6.45, 7) is 2.59. The molecule has 0 amide bonds. The van der Waals surface area contributed by atoms with Crippen molar-refractivity contribution in [1.29, 1.82) is 0 Å². The molecule has 3 heterocycles.